The number of rotatable bonds is 2. The van der Waals surface area contributed by atoms with Crippen LogP contribution in [0.25, 0.3) is 0 Å². The summed E-state index contributed by atoms with van der Waals surface area (Å²) in [7, 11) is 1.36. The number of nitrogens with zero attached hydrogens (tertiary/aromatic N) is 4. The highest BCUT2D eigenvalue weighted by Crippen LogP contribution is 2.24. The fourth-order valence-corrected chi connectivity index (χ4v) is 2.77. The largest absolute Gasteiger partial charge is 0.464 e. The van der Waals surface area contributed by atoms with Crippen LogP contribution in [0.2, 0.25) is 0 Å². The van der Waals surface area contributed by atoms with Crippen molar-refractivity contribution in [1.29, 1.82) is 0 Å². The maximum absolute atomic E-state index is 11.4. The predicted octanol–water partition coefficient (Wildman–Crippen LogP) is 1.15. The highest BCUT2D eigenvalue weighted by atomic mass is 32.1. The second-order valence-corrected chi connectivity index (χ2v) is 4.80. The number of esters is 1. The minimum atomic E-state index is -0.393. The molecule has 0 spiro atoms. The molecule has 3 rings (SSSR count). The molecular formula is C11H12N4O2S. The number of ether oxygens (including phenoxy) is 1. The molecule has 7 heteroatoms. The molecule has 1 aliphatic rings. The van der Waals surface area contributed by atoms with Gasteiger partial charge in [-0.15, -0.1) is 11.3 Å². The number of imidazole rings is 1. The first kappa shape index (κ1) is 11.2. The predicted molar refractivity (Wildman–Crippen MR) is 66.7 cm³/mol. The quantitative estimate of drug-likeness (QED) is 0.761. The van der Waals surface area contributed by atoms with Gasteiger partial charge in [0.25, 0.3) is 0 Å². The van der Waals surface area contributed by atoms with Crippen LogP contribution in [-0.4, -0.2) is 34.2 Å². The Morgan fingerprint density at radius 2 is 2.39 bits per heavy atom. The summed E-state index contributed by atoms with van der Waals surface area (Å²) in [6, 6.07) is 0. The van der Waals surface area contributed by atoms with Gasteiger partial charge in [-0.3, -0.25) is 0 Å². The molecule has 6 nitrogen and oxygen atoms in total. The first-order valence-corrected chi connectivity index (χ1v) is 6.44. The Kier molecular flexibility index (Phi) is 2.75. The summed E-state index contributed by atoms with van der Waals surface area (Å²) in [5, 5.41) is 2.56. The maximum atomic E-state index is 11.4. The van der Waals surface area contributed by atoms with Gasteiger partial charge in [0.15, 0.2) is 10.8 Å². The minimum absolute atomic E-state index is 0.367. The van der Waals surface area contributed by atoms with Gasteiger partial charge in [-0.2, -0.15) is 0 Å². The summed E-state index contributed by atoms with van der Waals surface area (Å²) < 4.78 is 6.78. The number of aromatic nitrogens is 3. The van der Waals surface area contributed by atoms with Crippen molar-refractivity contribution in [2.75, 3.05) is 18.6 Å². The lowest BCUT2D eigenvalue weighted by Crippen LogP contribution is -2.33. The molecule has 0 bridgehead atoms. The van der Waals surface area contributed by atoms with Gasteiger partial charge in [0.05, 0.1) is 13.7 Å². The van der Waals surface area contributed by atoms with E-state index in [1.807, 2.05) is 6.20 Å². The average Bonchev–Trinajstić information content (AvgIpc) is 3.05. The van der Waals surface area contributed by atoms with Gasteiger partial charge in [-0.05, 0) is 0 Å². The first-order chi connectivity index (χ1) is 8.78. The van der Waals surface area contributed by atoms with Gasteiger partial charge in [0.2, 0.25) is 0 Å². The molecule has 2 aromatic rings. The third-order valence-electron chi connectivity index (χ3n) is 2.90. The standard InChI is InChI=1S/C11H12N4O2S/c1-17-10(16)8-7-18-11(13-8)15-5-4-14-3-2-12-9(14)6-15/h2-3,7H,4-6H2,1H3. The molecule has 2 aromatic heterocycles. The number of hydrogen-bond donors (Lipinski definition) is 0. The van der Waals surface area contributed by atoms with E-state index < -0.39 is 5.97 Å². The molecule has 0 aliphatic carbocycles. The summed E-state index contributed by atoms with van der Waals surface area (Å²) in [6.45, 7) is 2.49. The van der Waals surface area contributed by atoms with Gasteiger partial charge < -0.3 is 14.2 Å². The molecule has 18 heavy (non-hydrogen) atoms. The van der Waals surface area contributed by atoms with E-state index in [0.717, 1.165) is 30.6 Å². The van der Waals surface area contributed by atoms with Gasteiger partial charge in [-0.1, -0.05) is 0 Å². The van der Waals surface area contributed by atoms with E-state index in [1.54, 1.807) is 11.6 Å². The lowest BCUT2D eigenvalue weighted by molar-refractivity contribution is 0.0595. The van der Waals surface area contributed by atoms with E-state index in [1.165, 1.54) is 18.4 Å². The van der Waals surface area contributed by atoms with Crippen LogP contribution in [0.1, 0.15) is 16.3 Å². The number of carbonyl (C=O) groups excluding carboxylic acids is 1. The lowest BCUT2D eigenvalue weighted by Gasteiger charge is -2.27. The minimum Gasteiger partial charge on any atom is -0.464 e. The number of hydrogen-bond acceptors (Lipinski definition) is 6. The third-order valence-corrected chi connectivity index (χ3v) is 3.80. The van der Waals surface area contributed by atoms with Gasteiger partial charge in [-0.25, -0.2) is 14.8 Å². The van der Waals surface area contributed by atoms with Crippen LogP contribution in [0.15, 0.2) is 17.8 Å². The smallest absolute Gasteiger partial charge is 0.357 e. The second kappa shape index (κ2) is 4.41. The molecule has 0 fully saturated rings. The van der Waals surface area contributed by atoms with Crippen LogP contribution < -0.4 is 4.90 Å². The summed E-state index contributed by atoms with van der Waals surface area (Å²) in [4.78, 5) is 22.1. The lowest BCUT2D eigenvalue weighted by atomic mass is 10.4. The Morgan fingerprint density at radius 3 is 3.22 bits per heavy atom. The molecule has 3 heterocycles. The van der Waals surface area contributed by atoms with Gasteiger partial charge in [0.1, 0.15) is 5.82 Å². The van der Waals surface area contributed by atoms with Crippen molar-refractivity contribution in [3.05, 3.63) is 29.3 Å². The summed E-state index contributed by atoms with van der Waals surface area (Å²) in [5.41, 5.74) is 0.367. The molecule has 0 radical (unpaired) electrons. The van der Waals surface area contributed by atoms with E-state index in [9.17, 15) is 4.79 Å². The van der Waals surface area contributed by atoms with Crippen LogP contribution in [0, 0.1) is 0 Å². The van der Waals surface area contributed by atoms with Crippen molar-refractivity contribution in [2.45, 2.75) is 13.1 Å². The fourth-order valence-electron chi connectivity index (χ4n) is 1.94. The van der Waals surface area contributed by atoms with Crippen molar-refractivity contribution < 1.29 is 9.53 Å². The zero-order valence-electron chi connectivity index (χ0n) is 9.87. The number of methoxy groups -OCH3 is 1. The third kappa shape index (κ3) is 1.86. The van der Waals surface area contributed by atoms with Crippen LogP contribution in [0.5, 0.6) is 0 Å². The summed E-state index contributed by atoms with van der Waals surface area (Å²) >= 11 is 1.45. The molecule has 0 saturated carbocycles. The Balaban J connectivity index is 1.80. The molecular weight excluding hydrogens is 252 g/mol. The van der Waals surface area contributed by atoms with Crippen LogP contribution in [-0.2, 0) is 17.8 Å². The Bertz CT molecular complexity index is 577. The molecule has 0 aromatic carbocycles. The molecule has 0 N–H and O–H groups in total. The highest BCUT2D eigenvalue weighted by Gasteiger charge is 2.20. The Labute approximate surface area is 108 Å². The summed E-state index contributed by atoms with van der Waals surface area (Å²) in [6.07, 6.45) is 3.79. The normalized spacial score (nSPS) is 14.4. The Hall–Kier alpha value is -1.89. The van der Waals surface area contributed by atoms with E-state index in [4.69, 9.17) is 0 Å². The number of fused-ring (bicyclic) bond motifs is 1. The number of anilines is 1. The van der Waals surface area contributed by atoms with Gasteiger partial charge >= 0.3 is 5.97 Å². The van der Waals surface area contributed by atoms with Crippen molar-refractivity contribution in [1.82, 2.24) is 14.5 Å². The maximum Gasteiger partial charge on any atom is 0.357 e. The molecule has 0 atom stereocenters. The van der Waals surface area contributed by atoms with Crippen molar-refractivity contribution >= 4 is 22.4 Å². The SMILES string of the molecule is COC(=O)c1csc(N2CCn3ccnc3C2)n1. The topological polar surface area (TPSA) is 60.2 Å². The number of thiazole rings is 1. The van der Waals surface area contributed by atoms with Gasteiger partial charge in [0, 0.05) is 30.9 Å². The zero-order chi connectivity index (χ0) is 12.5. The van der Waals surface area contributed by atoms with Crippen molar-refractivity contribution in [2.24, 2.45) is 0 Å². The molecule has 1 aliphatic heterocycles. The number of carbonyl (C=O) groups is 1. The van der Waals surface area contributed by atoms with Crippen molar-refractivity contribution in [3.8, 4) is 0 Å². The second-order valence-electron chi connectivity index (χ2n) is 3.97. The van der Waals surface area contributed by atoms with E-state index in [0.29, 0.717) is 5.69 Å². The van der Waals surface area contributed by atoms with Crippen LogP contribution in [0.3, 0.4) is 0 Å². The zero-order valence-corrected chi connectivity index (χ0v) is 10.7. The monoisotopic (exact) mass is 264 g/mol. The molecule has 0 unspecified atom stereocenters. The molecule has 0 amide bonds. The Morgan fingerprint density at radius 1 is 1.50 bits per heavy atom. The molecule has 0 saturated heterocycles. The summed E-state index contributed by atoms with van der Waals surface area (Å²) in [5.74, 6) is 0.632. The first-order valence-electron chi connectivity index (χ1n) is 5.56. The van der Waals surface area contributed by atoms with Crippen molar-refractivity contribution in [3.63, 3.8) is 0 Å². The van der Waals surface area contributed by atoms with E-state index in [-0.39, 0.29) is 0 Å². The van der Waals surface area contributed by atoms with E-state index in [2.05, 4.69) is 24.2 Å². The fraction of sp³-hybridized carbons (Fsp3) is 0.364. The highest BCUT2D eigenvalue weighted by molar-refractivity contribution is 7.13. The molecule has 94 valence electrons. The van der Waals surface area contributed by atoms with E-state index >= 15 is 0 Å². The van der Waals surface area contributed by atoms with Crippen LogP contribution in [0.4, 0.5) is 5.13 Å². The van der Waals surface area contributed by atoms with Crippen LogP contribution >= 0.6 is 11.3 Å². The average molecular weight is 264 g/mol.